The van der Waals surface area contributed by atoms with E-state index in [1.807, 2.05) is 24.3 Å². The fraction of sp³-hybridized carbons (Fsp3) is 0.100. The molecule has 2 aromatic rings. The molecule has 3 N–H and O–H groups in total. The van der Waals surface area contributed by atoms with E-state index in [2.05, 4.69) is 11.1 Å². The molecule has 3 heteroatoms. The zero-order valence-corrected chi connectivity index (χ0v) is 7.04. The zero-order valence-electron chi connectivity index (χ0n) is 7.04. The molecule has 0 unspecified atom stereocenters. The molecule has 13 heavy (non-hydrogen) atoms. The number of nitrogens with one attached hydrogen (secondary N) is 1. The third-order valence-corrected chi connectivity index (χ3v) is 2.04. The van der Waals surface area contributed by atoms with Gasteiger partial charge in [-0.25, -0.2) is 0 Å². The van der Waals surface area contributed by atoms with Crippen molar-refractivity contribution in [2.45, 2.75) is 6.42 Å². The van der Waals surface area contributed by atoms with Gasteiger partial charge in [-0.15, -0.1) is 0 Å². The van der Waals surface area contributed by atoms with Crippen LogP contribution in [0.15, 0.2) is 24.3 Å². The second-order valence-electron chi connectivity index (χ2n) is 2.94. The Morgan fingerprint density at radius 3 is 3.08 bits per heavy atom. The maximum atomic E-state index is 8.59. The summed E-state index contributed by atoms with van der Waals surface area (Å²) in [6, 6.07) is 9.81. The van der Waals surface area contributed by atoms with Crippen LogP contribution in [0.3, 0.4) is 0 Å². The van der Waals surface area contributed by atoms with Crippen molar-refractivity contribution >= 4 is 16.7 Å². The number of anilines is 1. The number of nitriles is 1. The molecule has 0 bridgehead atoms. The van der Waals surface area contributed by atoms with Crippen molar-refractivity contribution in [3.05, 3.63) is 29.8 Å². The number of nitrogens with zero attached hydrogens (tertiary/aromatic N) is 1. The van der Waals surface area contributed by atoms with Gasteiger partial charge in [0.2, 0.25) is 0 Å². The van der Waals surface area contributed by atoms with E-state index in [9.17, 15) is 0 Å². The van der Waals surface area contributed by atoms with Gasteiger partial charge in [-0.3, -0.25) is 0 Å². The van der Waals surface area contributed by atoms with Crippen molar-refractivity contribution in [2.75, 3.05) is 5.73 Å². The molecule has 0 saturated carbocycles. The highest BCUT2D eigenvalue weighted by atomic mass is 14.8. The third kappa shape index (κ3) is 1.23. The lowest BCUT2D eigenvalue weighted by Gasteiger charge is -1.95. The highest BCUT2D eigenvalue weighted by Gasteiger charge is 2.02. The van der Waals surface area contributed by atoms with E-state index in [4.69, 9.17) is 11.0 Å². The summed E-state index contributed by atoms with van der Waals surface area (Å²) in [6.07, 6.45) is 0.425. The first kappa shape index (κ1) is 7.69. The fourth-order valence-electron chi connectivity index (χ4n) is 1.48. The summed E-state index contributed by atoms with van der Waals surface area (Å²) >= 11 is 0. The van der Waals surface area contributed by atoms with Crippen LogP contribution in [0.2, 0.25) is 0 Å². The number of fused-ring (bicyclic) bond motifs is 1. The second kappa shape index (κ2) is 2.83. The molecule has 0 atom stereocenters. The minimum Gasteiger partial charge on any atom is -0.385 e. The summed E-state index contributed by atoms with van der Waals surface area (Å²) in [7, 11) is 0. The molecule has 0 fully saturated rings. The number of rotatable bonds is 1. The topological polar surface area (TPSA) is 65.6 Å². The molecule has 0 aliphatic carbocycles. The quantitative estimate of drug-likeness (QED) is 0.687. The van der Waals surface area contributed by atoms with E-state index in [-0.39, 0.29) is 0 Å². The van der Waals surface area contributed by atoms with Crippen LogP contribution in [0.5, 0.6) is 0 Å². The van der Waals surface area contributed by atoms with Gasteiger partial charge in [0.05, 0.1) is 12.5 Å². The highest BCUT2D eigenvalue weighted by Crippen LogP contribution is 2.20. The SMILES string of the molecule is N#CCc1cccc2[nH]c(N)cc12. The number of H-pyrrole nitrogens is 1. The van der Waals surface area contributed by atoms with Gasteiger partial charge in [0.25, 0.3) is 0 Å². The van der Waals surface area contributed by atoms with Crippen LogP contribution in [0.25, 0.3) is 10.9 Å². The zero-order chi connectivity index (χ0) is 9.26. The summed E-state index contributed by atoms with van der Waals surface area (Å²) in [5.74, 6) is 0.639. The molecule has 2 rings (SSSR count). The Bertz CT molecular complexity index is 476. The summed E-state index contributed by atoms with van der Waals surface area (Å²) in [5, 5.41) is 9.64. The van der Waals surface area contributed by atoms with E-state index in [0.717, 1.165) is 16.5 Å². The lowest BCUT2D eigenvalue weighted by molar-refractivity contribution is 1.29. The number of nitrogen functional groups attached to an aromatic ring is 1. The fourth-order valence-corrected chi connectivity index (χ4v) is 1.48. The van der Waals surface area contributed by atoms with Crippen LogP contribution in [0.1, 0.15) is 5.56 Å². The maximum Gasteiger partial charge on any atom is 0.101 e. The predicted molar refractivity (Wildman–Crippen MR) is 52.0 cm³/mol. The Morgan fingerprint density at radius 2 is 2.31 bits per heavy atom. The average molecular weight is 171 g/mol. The van der Waals surface area contributed by atoms with Crippen molar-refractivity contribution < 1.29 is 0 Å². The first-order chi connectivity index (χ1) is 6.31. The Labute approximate surface area is 75.8 Å². The van der Waals surface area contributed by atoms with Crippen LogP contribution < -0.4 is 5.73 Å². The number of benzene rings is 1. The van der Waals surface area contributed by atoms with Crippen molar-refractivity contribution in [3.8, 4) is 6.07 Å². The smallest absolute Gasteiger partial charge is 0.101 e. The molecule has 0 radical (unpaired) electrons. The van der Waals surface area contributed by atoms with Crippen molar-refractivity contribution in [2.24, 2.45) is 0 Å². The average Bonchev–Trinajstić information content (AvgIpc) is 2.47. The van der Waals surface area contributed by atoms with E-state index in [1.54, 1.807) is 0 Å². The van der Waals surface area contributed by atoms with E-state index < -0.39 is 0 Å². The third-order valence-electron chi connectivity index (χ3n) is 2.04. The molecule has 1 aromatic carbocycles. The Balaban J connectivity index is 2.69. The van der Waals surface area contributed by atoms with Crippen LogP contribution >= 0.6 is 0 Å². The number of hydrogen-bond donors (Lipinski definition) is 2. The second-order valence-corrected chi connectivity index (χ2v) is 2.94. The largest absolute Gasteiger partial charge is 0.385 e. The molecular weight excluding hydrogens is 162 g/mol. The monoisotopic (exact) mass is 171 g/mol. The molecule has 1 heterocycles. The number of aromatic nitrogens is 1. The van der Waals surface area contributed by atoms with E-state index >= 15 is 0 Å². The lowest BCUT2D eigenvalue weighted by Crippen LogP contribution is -1.81. The van der Waals surface area contributed by atoms with Crippen molar-refractivity contribution in [1.82, 2.24) is 4.98 Å². The first-order valence-corrected chi connectivity index (χ1v) is 4.04. The molecule has 0 aliphatic rings. The molecule has 3 nitrogen and oxygen atoms in total. The Kier molecular flexibility index (Phi) is 1.67. The highest BCUT2D eigenvalue weighted by molar-refractivity contribution is 5.86. The van der Waals surface area contributed by atoms with Crippen molar-refractivity contribution in [3.63, 3.8) is 0 Å². The first-order valence-electron chi connectivity index (χ1n) is 4.04. The van der Waals surface area contributed by atoms with Gasteiger partial charge in [0.15, 0.2) is 0 Å². The minimum absolute atomic E-state index is 0.425. The molecule has 0 amide bonds. The molecule has 1 aromatic heterocycles. The van der Waals surface area contributed by atoms with Crippen LogP contribution in [-0.2, 0) is 6.42 Å². The number of nitrogens with two attached hydrogens (primary N) is 1. The van der Waals surface area contributed by atoms with E-state index in [0.29, 0.717) is 12.2 Å². The van der Waals surface area contributed by atoms with Gasteiger partial charge in [-0.2, -0.15) is 5.26 Å². The van der Waals surface area contributed by atoms with Gasteiger partial charge in [-0.05, 0) is 17.7 Å². The summed E-state index contributed by atoms with van der Waals surface area (Å²) in [6.45, 7) is 0. The Hall–Kier alpha value is -1.95. The Morgan fingerprint density at radius 1 is 1.46 bits per heavy atom. The maximum absolute atomic E-state index is 8.59. The summed E-state index contributed by atoms with van der Waals surface area (Å²) in [5.41, 5.74) is 7.63. The molecule has 0 saturated heterocycles. The van der Waals surface area contributed by atoms with Gasteiger partial charge in [0.1, 0.15) is 5.82 Å². The van der Waals surface area contributed by atoms with Crippen molar-refractivity contribution in [1.29, 1.82) is 5.26 Å². The molecule has 64 valence electrons. The molecular formula is C10H9N3. The molecule has 0 aliphatic heterocycles. The van der Waals surface area contributed by atoms with Crippen LogP contribution in [0, 0.1) is 11.3 Å². The predicted octanol–water partition coefficient (Wildman–Crippen LogP) is 1.82. The van der Waals surface area contributed by atoms with Gasteiger partial charge in [0, 0.05) is 10.9 Å². The lowest BCUT2D eigenvalue weighted by atomic mass is 10.1. The van der Waals surface area contributed by atoms with E-state index in [1.165, 1.54) is 0 Å². The van der Waals surface area contributed by atoms with Gasteiger partial charge in [-0.1, -0.05) is 12.1 Å². The summed E-state index contributed by atoms with van der Waals surface area (Å²) < 4.78 is 0. The number of hydrogen-bond acceptors (Lipinski definition) is 2. The van der Waals surface area contributed by atoms with Crippen LogP contribution in [-0.4, -0.2) is 4.98 Å². The van der Waals surface area contributed by atoms with Gasteiger partial charge >= 0.3 is 0 Å². The van der Waals surface area contributed by atoms with Gasteiger partial charge < -0.3 is 10.7 Å². The number of aromatic amines is 1. The van der Waals surface area contributed by atoms with Crippen LogP contribution in [0.4, 0.5) is 5.82 Å². The molecule has 0 spiro atoms. The normalized spacial score (nSPS) is 10.1. The minimum atomic E-state index is 0.425. The summed E-state index contributed by atoms with van der Waals surface area (Å²) in [4.78, 5) is 3.03. The standard InChI is InChI=1S/C10H9N3/c11-5-4-7-2-1-3-9-8(7)6-10(12)13-9/h1-3,6,13H,4,12H2.